The maximum Gasteiger partial charge on any atom is 0 e. The third kappa shape index (κ3) is 142. The summed E-state index contributed by atoms with van der Waals surface area (Å²) in [5, 5.41) is 0. The molecule has 0 atom stereocenters. The van der Waals surface area contributed by atoms with Gasteiger partial charge in [-0.2, -0.15) is 0 Å². The number of hydrogen-bond acceptors (Lipinski definition) is 0. The molecule has 0 aliphatic carbocycles. The summed E-state index contributed by atoms with van der Waals surface area (Å²) in [4.78, 5) is 0. The van der Waals surface area contributed by atoms with Crippen LogP contribution in [0.3, 0.4) is 0 Å². The summed E-state index contributed by atoms with van der Waals surface area (Å²) in [5.74, 6) is 0. The van der Waals surface area contributed by atoms with Crippen LogP contribution in [0.15, 0.2) is 0 Å². The zero-order valence-corrected chi connectivity index (χ0v) is 4.27. The van der Waals surface area contributed by atoms with Gasteiger partial charge in [0.25, 0.3) is 0 Å². The van der Waals surface area contributed by atoms with Gasteiger partial charge in [0.2, 0.25) is 0 Å². The smallest absolute Gasteiger partial charge is 0 e. The summed E-state index contributed by atoms with van der Waals surface area (Å²) in [7, 11) is 0. The maximum absolute atomic E-state index is 0. The summed E-state index contributed by atoms with van der Waals surface area (Å²) in [6.45, 7) is 0. The average Bonchev–Trinajstić information content (AvgIpc) is 0. The molecule has 6 heavy (non-hydrogen) atoms. The first-order valence-corrected chi connectivity index (χ1v) is 0. The fraction of sp³-hybridized carbons (Fsp3) is 0. The zero-order chi connectivity index (χ0) is 0. The molecule has 0 bridgehead atoms. The normalized spacial score (nSPS) is 0. The molecular weight excluding hydrogens is 167 g/mol. The van der Waals surface area contributed by atoms with Crippen LogP contribution in [-0.2, 0) is 17.1 Å². The summed E-state index contributed by atoms with van der Waals surface area (Å²) in [6, 6.07) is 0. The molecule has 4 radical (unpaired) electrons. The molecule has 0 amide bonds. The largest absolute Gasteiger partial charge is 0.269 e. The van der Waals surface area contributed by atoms with Gasteiger partial charge in [-0.05, 0) is 0 Å². The van der Waals surface area contributed by atoms with Crippen molar-refractivity contribution < 1.29 is 31.2 Å². The fourth-order valence-electron chi connectivity index (χ4n) is 0. The minimum atomic E-state index is 0. The van der Waals surface area contributed by atoms with Crippen molar-refractivity contribution in [3.05, 3.63) is 0 Å². The van der Waals surface area contributed by atoms with Crippen LogP contribution in [0.4, 0.5) is 14.1 Å². The first kappa shape index (κ1) is 484. The van der Waals surface area contributed by atoms with Crippen LogP contribution in [0, 0.1) is 0 Å². The summed E-state index contributed by atoms with van der Waals surface area (Å²) >= 11 is 0. The molecule has 0 nitrogen and oxygen atoms in total. The number of hydrogen-bond donors (Lipinski definition) is 0. The van der Waals surface area contributed by atoms with E-state index in [-0.39, 0.29) is 52.0 Å². The third-order valence-electron chi connectivity index (χ3n) is 0. The van der Waals surface area contributed by atoms with Gasteiger partial charge in [0.05, 0.1) is 0 Å². The van der Waals surface area contributed by atoms with Crippen molar-refractivity contribution in [3.63, 3.8) is 0 Å². The van der Waals surface area contributed by atoms with Crippen LogP contribution < -0.4 is 0 Å². The van der Waals surface area contributed by atoms with E-state index in [2.05, 4.69) is 0 Å². The van der Waals surface area contributed by atoms with Gasteiger partial charge in [-0.25, -0.2) is 0 Å². The van der Waals surface area contributed by atoms with E-state index in [1.807, 2.05) is 0 Å². The molecule has 0 saturated heterocycles. The van der Waals surface area contributed by atoms with E-state index < -0.39 is 0 Å². The Morgan fingerprint density at radius 2 is 0.667 bits per heavy atom. The van der Waals surface area contributed by atoms with E-state index in [9.17, 15) is 0 Å². The quantitative estimate of drug-likeness (QED) is 0.465. The summed E-state index contributed by atoms with van der Waals surface area (Å²) < 4.78 is 0. The average molecular weight is 171 g/mol. The Hall–Kier alpha value is 0.664. The van der Waals surface area contributed by atoms with Gasteiger partial charge in [0.15, 0.2) is 0 Å². The Kier molecular flexibility index (Phi) is 22500. The van der Waals surface area contributed by atoms with Gasteiger partial charge < -0.3 is 0 Å². The Balaban J connectivity index is 0. The molecule has 0 aliphatic heterocycles. The van der Waals surface area contributed by atoms with Crippen molar-refractivity contribution in [2.45, 2.75) is 0 Å². The van der Waals surface area contributed by atoms with Gasteiger partial charge >= 0.3 is 0 Å². The van der Waals surface area contributed by atoms with Gasteiger partial charge in [-0.1, -0.05) is 0 Å². The fourth-order valence-corrected chi connectivity index (χ4v) is 0. The third-order valence-corrected chi connectivity index (χ3v) is 0. The maximum atomic E-state index is 0. The number of halogens is 4. The van der Waals surface area contributed by atoms with Gasteiger partial charge in [0, 0.05) is 25.5 Å². The van der Waals surface area contributed by atoms with E-state index in [1.54, 1.807) is 0 Å². The first-order valence-electron chi connectivity index (χ1n) is 0. The van der Waals surface area contributed by atoms with Crippen LogP contribution in [0.5, 0.6) is 0 Å². The van der Waals surface area contributed by atoms with Crippen molar-refractivity contribution in [1.82, 2.24) is 0 Å². The Morgan fingerprint density at radius 3 is 0.667 bits per heavy atom. The second-order valence-corrected chi connectivity index (χ2v) is 0. The van der Waals surface area contributed by atoms with Crippen LogP contribution in [-0.4, -0.2) is 8.41 Å². The van der Waals surface area contributed by atoms with Gasteiger partial charge in [0.1, 0.15) is 0 Å². The number of rotatable bonds is 0. The molecule has 0 aliphatic rings. The van der Waals surface area contributed by atoms with Crippen LogP contribution in [0.1, 0.15) is 0 Å². The molecule has 0 aromatic heterocycles. The predicted octanol–water partition coefficient (Wildman–Crippen LogP) is 0.496. The van der Waals surface area contributed by atoms with Gasteiger partial charge in [-0.3, -0.25) is 14.1 Å². The van der Waals surface area contributed by atoms with Crippen LogP contribution >= 0.6 is 12.4 Å². The molecule has 46 valence electrons. The molecule has 0 fully saturated rings. The molecule has 0 heterocycles. The van der Waals surface area contributed by atoms with E-state index in [0.29, 0.717) is 0 Å². The standard InChI is InChI=1S/B.ClH.Cu.3FH/h;1H;;3*1H. The first-order chi connectivity index (χ1) is 0. The molecule has 6 heteroatoms. The van der Waals surface area contributed by atoms with E-state index in [4.69, 9.17) is 0 Å². The molecule has 0 saturated carbocycles. The van der Waals surface area contributed by atoms with Crippen molar-refractivity contribution in [2.24, 2.45) is 0 Å². The van der Waals surface area contributed by atoms with Crippen LogP contribution in [0.25, 0.3) is 0 Å². The predicted molar refractivity (Wildman–Crippen MR) is 20.5 cm³/mol. The van der Waals surface area contributed by atoms with E-state index in [1.165, 1.54) is 0 Å². The summed E-state index contributed by atoms with van der Waals surface area (Å²) in [6.07, 6.45) is 0. The molecule has 0 aromatic carbocycles. The second-order valence-electron chi connectivity index (χ2n) is 0. The van der Waals surface area contributed by atoms with Crippen molar-refractivity contribution in [2.75, 3.05) is 0 Å². The molecule has 0 spiro atoms. The van der Waals surface area contributed by atoms with Crippen molar-refractivity contribution in [3.8, 4) is 0 Å². The second kappa shape index (κ2) is 279. The monoisotopic (exact) mass is 170 g/mol. The van der Waals surface area contributed by atoms with E-state index in [0.717, 1.165) is 0 Å². The summed E-state index contributed by atoms with van der Waals surface area (Å²) in [5.41, 5.74) is 0. The Morgan fingerprint density at radius 1 is 0.667 bits per heavy atom. The molecule has 0 aromatic rings. The van der Waals surface area contributed by atoms with Crippen LogP contribution in [0.2, 0.25) is 0 Å². The zero-order valence-electron chi connectivity index (χ0n) is 2.51. The minimum absolute atomic E-state index is 0. The van der Waals surface area contributed by atoms with E-state index >= 15 is 0 Å². The topological polar surface area (TPSA) is 0 Å². The van der Waals surface area contributed by atoms with Gasteiger partial charge in [-0.15, -0.1) is 12.4 Å². The van der Waals surface area contributed by atoms with Crippen molar-refractivity contribution in [1.29, 1.82) is 0 Å². The molecule has 0 rings (SSSR count). The SMILES string of the molecule is Cl.F.F.F.[B].[Cu]. The molecule has 0 N–H and O–H groups in total. The molecular formula is H4BClCuF3. The molecule has 0 unspecified atom stereocenters. The minimum Gasteiger partial charge on any atom is -0.269 e. The Labute approximate surface area is 52.6 Å². The Bertz CT molecular complexity index is 10.8. The van der Waals surface area contributed by atoms with Crippen molar-refractivity contribution >= 4 is 20.8 Å².